The van der Waals surface area contributed by atoms with Crippen LogP contribution < -0.4 is 31.8 Å². The number of carbonyl (C=O) groups is 4. The summed E-state index contributed by atoms with van der Waals surface area (Å²) in [5, 5.41) is 6.67. The molecule has 0 N–H and O–H groups in total. The van der Waals surface area contributed by atoms with Crippen LogP contribution in [0.25, 0.3) is 11.1 Å². The Bertz CT molecular complexity index is 2570. The molecule has 6 aromatic rings. The predicted molar refractivity (Wildman–Crippen MR) is 247 cm³/mol. The van der Waals surface area contributed by atoms with Gasteiger partial charge in [-0.3, -0.25) is 19.2 Å². The van der Waals surface area contributed by atoms with Crippen molar-refractivity contribution in [2.45, 2.75) is 39.5 Å². The predicted octanol–water partition coefficient (Wildman–Crippen LogP) is 6.35. The highest BCUT2D eigenvalue weighted by Crippen LogP contribution is 2.51. The average Bonchev–Trinajstić information content (AvgIpc) is 3.93. The highest BCUT2D eigenvalue weighted by molar-refractivity contribution is 7.80. The molecule has 0 amide bonds. The highest BCUT2D eigenvalue weighted by Gasteiger charge is 2.55. The molecule has 0 aromatic heterocycles. The molecule has 0 unspecified atom stereocenters. The van der Waals surface area contributed by atoms with Crippen molar-refractivity contribution in [3.8, 4) is 11.1 Å². The Morgan fingerprint density at radius 2 is 0.790 bits per heavy atom. The molecule has 62 heavy (non-hydrogen) atoms. The first-order valence-corrected chi connectivity index (χ1v) is 23.2. The van der Waals surface area contributed by atoms with Gasteiger partial charge in [-0.1, -0.05) is 127 Å². The Morgan fingerprint density at radius 1 is 0.452 bits per heavy atom. The van der Waals surface area contributed by atoms with Gasteiger partial charge in [-0.15, -0.1) is 0 Å². The number of ether oxygens (including phenoxy) is 4. The van der Waals surface area contributed by atoms with Gasteiger partial charge in [0.2, 0.25) is 0 Å². The molecular formula is C52H48O8P2. The molecule has 2 aliphatic rings. The first kappa shape index (κ1) is 42.7. The molecule has 0 radical (unpaired) electrons. The Morgan fingerprint density at radius 3 is 1.18 bits per heavy atom. The van der Waals surface area contributed by atoms with E-state index in [4.69, 9.17) is 18.9 Å². The van der Waals surface area contributed by atoms with Crippen molar-refractivity contribution >= 4 is 71.5 Å². The number of fused-ring (bicyclic) bond motifs is 2. The molecule has 0 atom stereocenters. The smallest absolute Gasteiger partial charge is 0.323 e. The zero-order valence-electron chi connectivity index (χ0n) is 35.7. The first-order valence-electron chi connectivity index (χ1n) is 20.5. The fraction of sp³-hybridized carbons (Fsp3) is 0.231. The normalized spacial score (nSPS) is 14.5. The third-order valence-corrected chi connectivity index (χ3v) is 17.7. The standard InChI is InChI=1S/C52H48O8P2/c1-33-42-31-52(49(55)59-5,50(56)60-6)32-43(42)34(2)46(62(39-23-15-9-16-24-39)40-25-17-10-18-26-40)45(33)41-27-35-29-51(47(53)57-3,48(54)58-4)30-36(35)28-44(41)61(37-19-11-7-12-20-37)38-21-13-8-14-22-38/h7-28H,29-32H2,1-6H3. The minimum absolute atomic E-state index is 0.0990. The summed E-state index contributed by atoms with van der Waals surface area (Å²) in [7, 11) is 2.71. The van der Waals surface area contributed by atoms with Crippen LogP contribution in [0, 0.1) is 24.7 Å². The van der Waals surface area contributed by atoms with Gasteiger partial charge in [0, 0.05) is 12.8 Å². The van der Waals surface area contributed by atoms with E-state index in [9.17, 15) is 19.2 Å². The molecule has 0 saturated carbocycles. The molecule has 314 valence electrons. The molecule has 0 heterocycles. The minimum atomic E-state index is -1.57. The zero-order valence-corrected chi connectivity index (χ0v) is 37.5. The van der Waals surface area contributed by atoms with Crippen molar-refractivity contribution in [1.82, 2.24) is 0 Å². The number of benzene rings is 6. The molecule has 8 rings (SSSR count). The molecule has 8 nitrogen and oxygen atoms in total. The Kier molecular flexibility index (Phi) is 12.0. The first-order chi connectivity index (χ1) is 30.0. The van der Waals surface area contributed by atoms with E-state index in [1.807, 2.05) is 24.3 Å². The SMILES string of the molecule is COC(=O)C1(C(=O)OC)Cc2cc(-c3c(C)c4c(c(C)c3P(c3ccccc3)c3ccccc3)CC(C(=O)OC)(C(=O)OC)C4)c(P(c3ccccc3)c3ccccc3)cc2C1. The van der Waals surface area contributed by atoms with Crippen molar-refractivity contribution in [2.24, 2.45) is 10.8 Å². The lowest BCUT2D eigenvalue weighted by atomic mass is 9.84. The van der Waals surface area contributed by atoms with Gasteiger partial charge in [0.1, 0.15) is 0 Å². The Balaban J connectivity index is 1.53. The molecule has 2 aliphatic carbocycles. The van der Waals surface area contributed by atoms with Crippen molar-refractivity contribution in [3.05, 3.63) is 167 Å². The molecule has 0 saturated heterocycles. The van der Waals surface area contributed by atoms with E-state index in [0.29, 0.717) is 0 Å². The van der Waals surface area contributed by atoms with E-state index in [2.05, 4.69) is 123 Å². The number of hydrogen-bond donors (Lipinski definition) is 0. The van der Waals surface area contributed by atoms with Gasteiger partial charge in [0.05, 0.1) is 28.4 Å². The van der Waals surface area contributed by atoms with Crippen LogP contribution in [-0.4, -0.2) is 52.3 Å². The maximum atomic E-state index is 13.9. The molecule has 0 bridgehead atoms. The van der Waals surface area contributed by atoms with Gasteiger partial charge in [-0.05, 0) is 125 Å². The van der Waals surface area contributed by atoms with Gasteiger partial charge >= 0.3 is 23.9 Å². The third-order valence-electron chi connectivity index (χ3n) is 12.6. The van der Waals surface area contributed by atoms with E-state index in [1.54, 1.807) is 0 Å². The summed E-state index contributed by atoms with van der Waals surface area (Å²) < 4.78 is 21.4. The fourth-order valence-electron chi connectivity index (χ4n) is 9.64. The second-order valence-corrected chi connectivity index (χ2v) is 20.3. The monoisotopic (exact) mass is 862 g/mol. The minimum Gasteiger partial charge on any atom is -0.468 e. The average molecular weight is 863 g/mol. The van der Waals surface area contributed by atoms with Crippen molar-refractivity contribution in [1.29, 1.82) is 0 Å². The molecule has 0 aliphatic heterocycles. The van der Waals surface area contributed by atoms with Crippen LogP contribution in [0.5, 0.6) is 0 Å². The van der Waals surface area contributed by atoms with Crippen molar-refractivity contribution < 1.29 is 38.1 Å². The Hall–Kier alpha value is -5.94. The second kappa shape index (κ2) is 17.4. The Labute approximate surface area is 365 Å². The molecule has 0 spiro atoms. The zero-order chi connectivity index (χ0) is 43.8. The summed E-state index contributed by atoms with van der Waals surface area (Å²) in [4.78, 5) is 55.2. The summed E-state index contributed by atoms with van der Waals surface area (Å²) in [6.07, 6.45) is 0.462. The van der Waals surface area contributed by atoms with Crippen LogP contribution >= 0.6 is 15.8 Å². The number of methoxy groups -OCH3 is 4. The van der Waals surface area contributed by atoms with Crippen molar-refractivity contribution in [3.63, 3.8) is 0 Å². The molecule has 6 aromatic carbocycles. The quantitative estimate of drug-likeness (QED) is 0.0643. The maximum absolute atomic E-state index is 13.9. The van der Waals surface area contributed by atoms with Crippen LogP contribution in [0.1, 0.15) is 33.4 Å². The van der Waals surface area contributed by atoms with E-state index >= 15 is 0 Å². The van der Waals surface area contributed by atoms with Gasteiger partial charge in [-0.2, -0.15) is 0 Å². The lowest BCUT2D eigenvalue weighted by Gasteiger charge is -2.31. The number of esters is 4. The number of carbonyl (C=O) groups excluding carboxylic acids is 4. The van der Waals surface area contributed by atoms with E-state index < -0.39 is 50.6 Å². The summed E-state index contributed by atoms with van der Waals surface area (Å²) in [6, 6.07) is 46.2. The van der Waals surface area contributed by atoms with Gasteiger partial charge < -0.3 is 18.9 Å². The summed E-state index contributed by atoms with van der Waals surface area (Å²) in [5.74, 6) is -2.54. The van der Waals surface area contributed by atoms with Crippen LogP contribution in [0.2, 0.25) is 0 Å². The van der Waals surface area contributed by atoms with Crippen molar-refractivity contribution in [2.75, 3.05) is 28.4 Å². The van der Waals surface area contributed by atoms with Crippen LogP contribution in [0.15, 0.2) is 133 Å². The maximum Gasteiger partial charge on any atom is 0.323 e. The summed E-state index contributed by atoms with van der Waals surface area (Å²) in [6.45, 7) is 4.22. The van der Waals surface area contributed by atoms with Gasteiger partial charge in [-0.25, -0.2) is 0 Å². The van der Waals surface area contributed by atoms with Gasteiger partial charge in [0.15, 0.2) is 10.8 Å². The lowest BCUT2D eigenvalue weighted by Crippen LogP contribution is -2.42. The van der Waals surface area contributed by atoms with E-state index in [1.165, 1.54) is 28.4 Å². The summed E-state index contributed by atoms with van der Waals surface area (Å²) >= 11 is 0. The topological polar surface area (TPSA) is 105 Å². The molecular weight excluding hydrogens is 815 g/mol. The van der Waals surface area contributed by atoms with E-state index in [0.717, 1.165) is 76.3 Å². The largest absolute Gasteiger partial charge is 0.468 e. The second-order valence-electron chi connectivity index (χ2n) is 15.9. The number of hydrogen-bond acceptors (Lipinski definition) is 8. The summed E-state index contributed by atoms with van der Waals surface area (Å²) in [5.41, 5.74) is 4.32. The molecule has 0 fully saturated rings. The lowest BCUT2D eigenvalue weighted by molar-refractivity contribution is -0.170. The third kappa shape index (κ3) is 7.13. The molecule has 10 heteroatoms. The fourth-order valence-corrected chi connectivity index (χ4v) is 14.9. The van der Waals surface area contributed by atoms with Crippen LogP contribution in [0.4, 0.5) is 0 Å². The van der Waals surface area contributed by atoms with Crippen LogP contribution in [-0.2, 0) is 63.8 Å². The van der Waals surface area contributed by atoms with E-state index in [-0.39, 0.29) is 25.7 Å². The number of rotatable bonds is 11. The van der Waals surface area contributed by atoms with Crippen LogP contribution in [0.3, 0.4) is 0 Å². The van der Waals surface area contributed by atoms with Gasteiger partial charge in [0.25, 0.3) is 0 Å². The highest BCUT2D eigenvalue weighted by atomic mass is 31.1.